The Morgan fingerprint density at radius 2 is 2.24 bits per heavy atom. The van der Waals surface area contributed by atoms with E-state index in [2.05, 4.69) is 10.6 Å². The molecule has 0 spiro atoms. The Bertz CT molecular complexity index is 674. The van der Waals surface area contributed by atoms with Gasteiger partial charge in [0.25, 0.3) is 5.91 Å². The number of benzene rings is 1. The van der Waals surface area contributed by atoms with Gasteiger partial charge in [0.05, 0.1) is 10.6 Å². The third-order valence-electron chi connectivity index (χ3n) is 3.78. The largest absolute Gasteiger partial charge is 0.482 e. The predicted molar refractivity (Wildman–Crippen MR) is 76.8 cm³/mol. The SMILES string of the molecule is CNC1CCN(S(=O)(=O)c2ccc3c(c2)NC(=O)CO3)C1. The molecule has 3 rings (SSSR count). The van der Waals surface area contributed by atoms with Crippen molar-refractivity contribution < 1.29 is 17.9 Å². The van der Waals surface area contributed by atoms with Crippen LogP contribution in [-0.2, 0) is 14.8 Å². The minimum Gasteiger partial charge on any atom is -0.482 e. The molecule has 21 heavy (non-hydrogen) atoms. The number of anilines is 1. The Kier molecular flexibility index (Phi) is 3.60. The van der Waals surface area contributed by atoms with Gasteiger partial charge in [-0.1, -0.05) is 0 Å². The first-order valence-corrected chi connectivity index (χ1v) is 8.19. The monoisotopic (exact) mass is 311 g/mol. The van der Waals surface area contributed by atoms with Gasteiger partial charge in [-0.2, -0.15) is 4.31 Å². The zero-order valence-corrected chi connectivity index (χ0v) is 12.4. The van der Waals surface area contributed by atoms with Crippen molar-refractivity contribution in [3.05, 3.63) is 18.2 Å². The summed E-state index contributed by atoms with van der Waals surface area (Å²) in [6.07, 6.45) is 0.792. The molecule has 1 aromatic rings. The molecule has 1 aromatic carbocycles. The molecule has 2 aliphatic heterocycles. The van der Waals surface area contributed by atoms with Gasteiger partial charge in [-0.15, -0.1) is 0 Å². The third-order valence-corrected chi connectivity index (χ3v) is 5.64. The highest BCUT2D eigenvalue weighted by Gasteiger charge is 2.32. The van der Waals surface area contributed by atoms with E-state index in [-0.39, 0.29) is 23.5 Å². The normalized spacial score (nSPS) is 22.5. The number of sulfonamides is 1. The van der Waals surface area contributed by atoms with Gasteiger partial charge in [0.15, 0.2) is 6.61 Å². The van der Waals surface area contributed by atoms with Gasteiger partial charge >= 0.3 is 0 Å². The number of fused-ring (bicyclic) bond motifs is 1. The number of likely N-dealkylation sites (N-methyl/N-ethyl adjacent to an activating group) is 1. The highest BCUT2D eigenvalue weighted by Crippen LogP contribution is 2.31. The number of rotatable bonds is 3. The van der Waals surface area contributed by atoms with Crippen LogP contribution in [0.1, 0.15) is 6.42 Å². The summed E-state index contributed by atoms with van der Waals surface area (Å²) in [6, 6.07) is 4.72. The van der Waals surface area contributed by atoms with Crippen LogP contribution in [0.2, 0.25) is 0 Å². The van der Waals surface area contributed by atoms with Crippen LogP contribution >= 0.6 is 0 Å². The molecule has 1 unspecified atom stereocenters. The predicted octanol–water partition coefficient (Wildman–Crippen LogP) is -0.0001000. The van der Waals surface area contributed by atoms with Crippen molar-refractivity contribution in [1.29, 1.82) is 0 Å². The van der Waals surface area contributed by atoms with E-state index in [1.165, 1.54) is 16.4 Å². The van der Waals surface area contributed by atoms with E-state index in [1.807, 2.05) is 7.05 Å². The van der Waals surface area contributed by atoms with Crippen LogP contribution < -0.4 is 15.4 Å². The fourth-order valence-corrected chi connectivity index (χ4v) is 4.08. The van der Waals surface area contributed by atoms with Crippen molar-refractivity contribution >= 4 is 21.6 Å². The molecule has 0 radical (unpaired) electrons. The lowest BCUT2D eigenvalue weighted by Crippen LogP contribution is -2.33. The molecule has 0 aliphatic carbocycles. The zero-order chi connectivity index (χ0) is 15.0. The number of hydrogen-bond acceptors (Lipinski definition) is 5. The Labute approximate surface area is 123 Å². The second-order valence-electron chi connectivity index (χ2n) is 5.13. The summed E-state index contributed by atoms with van der Waals surface area (Å²) in [5.74, 6) is 0.205. The van der Waals surface area contributed by atoms with Crippen LogP contribution in [0.25, 0.3) is 0 Å². The number of hydrogen-bond donors (Lipinski definition) is 2. The summed E-state index contributed by atoms with van der Waals surface area (Å²) in [5, 5.41) is 5.71. The topological polar surface area (TPSA) is 87.7 Å². The maximum atomic E-state index is 12.6. The van der Waals surface area contributed by atoms with Crippen LogP contribution in [0.5, 0.6) is 5.75 Å². The van der Waals surface area contributed by atoms with Gasteiger partial charge in [0, 0.05) is 19.1 Å². The quantitative estimate of drug-likeness (QED) is 0.820. The summed E-state index contributed by atoms with van der Waals surface area (Å²) >= 11 is 0. The van der Waals surface area contributed by atoms with Gasteiger partial charge in [0.2, 0.25) is 10.0 Å². The molecule has 0 saturated carbocycles. The van der Waals surface area contributed by atoms with E-state index in [0.717, 1.165) is 6.42 Å². The van der Waals surface area contributed by atoms with Crippen molar-refractivity contribution in [2.24, 2.45) is 0 Å². The molecule has 1 amide bonds. The molecule has 1 saturated heterocycles. The number of amides is 1. The number of ether oxygens (including phenoxy) is 1. The molecule has 0 bridgehead atoms. The number of nitrogens with one attached hydrogen (secondary N) is 2. The summed E-state index contributed by atoms with van der Waals surface area (Å²) in [5.41, 5.74) is 0.400. The van der Waals surface area contributed by atoms with Crippen LogP contribution in [0.15, 0.2) is 23.1 Å². The minimum absolute atomic E-state index is 0.0466. The van der Waals surface area contributed by atoms with Crippen molar-refractivity contribution in [3.8, 4) is 5.75 Å². The van der Waals surface area contributed by atoms with Crippen molar-refractivity contribution in [1.82, 2.24) is 9.62 Å². The van der Waals surface area contributed by atoms with E-state index in [0.29, 0.717) is 24.5 Å². The first kappa shape index (κ1) is 14.3. The van der Waals surface area contributed by atoms with Crippen LogP contribution in [0.4, 0.5) is 5.69 Å². The molecule has 7 nitrogen and oxygen atoms in total. The van der Waals surface area contributed by atoms with Crippen LogP contribution in [-0.4, -0.2) is 51.4 Å². The molecule has 0 aromatic heterocycles. The van der Waals surface area contributed by atoms with Crippen LogP contribution in [0.3, 0.4) is 0 Å². The number of carbonyl (C=O) groups excluding carboxylic acids is 1. The Hall–Kier alpha value is -1.64. The second-order valence-corrected chi connectivity index (χ2v) is 7.07. The van der Waals surface area contributed by atoms with Gasteiger partial charge in [-0.3, -0.25) is 4.79 Å². The molecule has 1 fully saturated rings. The molecule has 2 aliphatic rings. The van der Waals surface area contributed by atoms with Crippen molar-refractivity contribution in [2.45, 2.75) is 17.4 Å². The number of carbonyl (C=O) groups is 1. The molecule has 114 valence electrons. The van der Waals surface area contributed by atoms with E-state index in [1.54, 1.807) is 6.07 Å². The van der Waals surface area contributed by atoms with E-state index in [9.17, 15) is 13.2 Å². The molecule has 8 heteroatoms. The Morgan fingerprint density at radius 3 is 2.95 bits per heavy atom. The molecule has 2 heterocycles. The number of nitrogens with zero attached hydrogens (tertiary/aromatic N) is 1. The van der Waals surface area contributed by atoms with Crippen molar-refractivity contribution in [3.63, 3.8) is 0 Å². The third kappa shape index (κ3) is 2.61. The standard InChI is InChI=1S/C13H17N3O4S/c1-14-9-4-5-16(7-9)21(18,19)10-2-3-12-11(6-10)15-13(17)8-20-12/h2-3,6,9,14H,4-5,7-8H2,1H3,(H,15,17). The minimum atomic E-state index is -3.55. The van der Waals surface area contributed by atoms with Gasteiger partial charge < -0.3 is 15.4 Å². The maximum Gasteiger partial charge on any atom is 0.262 e. The maximum absolute atomic E-state index is 12.6. The smallest absolute Gasteiger partial charge is 0.262 e. The lowest BCUT2D eigenvalue weighted by atomic mass is 10.2. The Morgan fingerprint density at radius 1 is 1.43 bits per heavy atom. The average Bonchev–Trinajstić information content (AvgIpc) is 2.96. The first-order valence-electron chi connectivity index (χ1n) is 6.75. The van der Waals surface area contributed by atoms with E-state index < -0.39 is 10.0 Å². The lowest BCUT2D eigenvalue weighted by Gasteiger charge is -2.20. The van der Waals surface area contributed by atoms with Gasteiger partial charge in [0.1, 0.15) is 5.75 Å². The average molecular weight is 311 g/mol. The van der Waals surface area contributed by atoms with Crippen LogP contribution in [0, 0.1) is 0 Å². The summed E-state index contributed by atoms with van der Waals surface area (Å²) in [4.78, 5) is 11.5. The summed E-state index contributed by atoms with van der Waals surface area (Å²) < 4.78 is 31.9. The van der Waals surface area contributed by atoms with Gasteiger partial charge in [-0.25, -0.2) is 8.42 Å². The molecule has 2 N–H and O–H groups in total. The van der Waals surface area contributed by atoms with Crippen molar-refractivity contribution in [2.75, 3.05) is 32.1 Å². The lowest BCUT2D eigenvalue weighted by molar-refractivity contribution is -0.118. The summed E-state index contributed by atoms with van der Waals surface area (Å²) in [7, 11) is -1.72. The fourth-order valence-electron chi connectivity index (χ4n) is 2.55. The molecule has 1 atom stereocenters. The molecular weight excluding hydrogens is 294 g/mol. The molecular formula is C13H17N3O4S. The fraction of sp³-hybridized carbons (Fsp3) is 0.462. The van der Waals surface area contributed by atoms with Gasteiger partial charge in [-0.05, 0) is 31.7 Å². The Balaban J connectivity index is 1.89. The highest BCUT2D eigenvalue weighted by atomic mass is 32.2. The van der Waals surface area contributed by atoms with E-state index in [4.69, 9.17) is 4.74 Å². The summed E-state index contributed by atoms with van der Waals surface area (Å²) in [6.45, 7) is 0.904. The first-order chi connectivity index (χ1) is 10.0. The highest BCUT2D eigenvalue weighted by molar-refractivity contribution is 7.89. The second kappa shape index (κ2) is 5.28. The van der Waals surface area contributed by atoms with E-state index >= 15 is 0 Å². The zero-order valence-electron chi connectivity index (χ0n) is 11.6.